The second-order valence-electron chi connectivity index (χ2n) is 8.52. The number of carbonyl (C=O) groups is 2. The zero-order valence-corrected chi connectivity index (χ0v) is 19.9. The van der Waals surface area contributed by atoms with Crippen LogP contribution in [-0.4, -0.2) is 129 Å². The maximum atomic E-state index is 12.8. The minimum absolute atomic E-state index is 0.0542. The molecule has 3 saturated heterocycles. The number of carbonyl (C=O) groups excluding carboxylic acids is 2. The summed E-state index contributed by atoms with van der Waals surface area (Å²) in [6.45, 7) is 8.72. The number of nitrogens with zero attached hydrogens (tertiary/aromatic N) is 6. The Labute approximate surface area is 194 Å². The summed E-state index contributed by atoms with van der Waals surface area (Å²) in [7, 11) is -3.55. The van der Waals surface area contributed by atoms with Crippen LogP contribution in [0.5, 0.6) is 0 Å². The molecule has 0 unspecified atom stereocenters. The summed E-state index contributed by atoms with van der Waals surface area (Å²) < 4.78 is 32.2. The van der Waals surface area contributed by atoms with E-state index in [0.717, 1.165) is 18.9 Å². The largest absolute Gasteiger partial charge is 0.379 e. The minimum Gasteiger partial charge on any atom is -0.379 e. The summed E-state index contributed by atoms with van der Waals surface area (Å²) in [5.41, 5.74) is 0. The molecule has 0 radical (unpaired) electrons. The van der Waals surface area contributed by atoms with Crippen LogP contribution >= 0.6 is 0 Å². The average molecular weight is 481 g/mol. The van der Waals surface area contributed by atoms with Gasteiger partial charge in [0.2, 0.25) is 21.8 Å². The summed E-state index contributed by atoms with van der Waals surface area (Å²) in [6.07, 6.45) is 1.43. The van der Waals surface area contributed by atoms with Crippen LogP contribution in [-0.2, 0) is 24.3 Å². The maximum Gasteiger partial charge on any atom is 0.244 e. The van der Waals surface area contributed by atoms with Crippen molar-refractivity contribution >= 4 is 27.7 Å². The molecule has 1 aromatic heterocycles. The van der Waals surface area contributed by atoms with Gasteiger partial charge in [-0.25, -0.2) is 13.4 Å². The minimum atomic E-state index is -3.55. The molecule has 2 amide bonds. The lowest BCUT2D eigenvalue weighted by Crippen LogP contribution is -2.54. The predicted octanol–water partition coefficient (Wildman–Crippen LogP) is -1.08. The summed E-state index contributed by atoms with van der Waals surface area (Å²) in [4.78, 5) is 36.5. The molecule has 11 nitrogen and oxygen atoms in total. The topological polar surface area (TPSA) is 107 Å². The number of sulfonamides is 1. The van der Waals surface area contributed by atoms with Crippen molar-refractivity contribution in [1.82, 2.24) is 24.0 Å². The van der Waals surface area contributed by atoms with Gasteiger partial charge in [-0.3, -0.25) is 14.5 Å². The molecule has 0 atom stereocenters. The molecule has 3 aliphatic rings. The fraction of sp³-hybridized carbons (Fsp3) is 0.667. The molecule has 0 spiro atoms. The van der Waals surface area contributed by atoms with Crippen molar-refractivity contribution in [3.63, 3.8) is 0 Å². The van der Waals surface area contributed by atoms with E-state index in [1.54, 1.807) is 24.0 Å². The monoisotopic (exact) mass is 480 g/mol. The third-order valence-corrected chi connectivity index (χ3v) is 8.34. The summed E-state index contributed by atoms with van der Waals surface area (Å²) in [5.74, 6) is 0.892. The molecule has 0 bridgehead atoms. The molecule has 3 aliphatic heterocycles. The van der Waals surface area contributed by atoms with Gasteiger partial charge >= 0.3 is 0 Å². The summed E-state index contributed by atoms with van der Waals surface area (Å²) in [5, 5.41) is 0. The number of pyridine rings is 1. The SMILES string of the molecule is CC(=O)N1CCN(C(=O)CN2CCN(c3ccc(S(=O)(=O)N4CCOCC4)cn3)CC2)CC1. The Morgan fingerprint density at radius 3 is 2.12 bits per heavy atom. The van der Waals surface area contributed by atoms with E-state index in [1.165, 1.54) is 10.5 Å². The molecule has 33 heavy (non-hydrogen) atoms. The van der Waals surface area contributed by atoms with Gasteiger partial charge in [-0.15, -0.1) is 0 Å². The Bertz CT molecular complexity index is 934. The number of amides is 2. The van der Waals surface area contributed by atoms with Crippen molar-refractivity contribution in [2.45, 2.75) is 11.8 Å². The second kappa shape index (κ2) is 10.3. The summed E-state index contributed by atoms with van der Waals surface area (Å²) >= 11 is 0. The van der Waals surface area contributed by atoms with E-state index in [2.05, 4.69) is 14.8 Å². The van der Waals surface area contributed by atoms with E-state index in [1.807, 2.05) is 4.90 Å². The van der Waals surface area contributed by atoms with E-state index in [9.17, 15) is 18.0 Å². The van der Waals surface area contributed by atoms with Crippen molar-refractivity contribution in [3.05, 3.63) is 18.3 Å². The Morgan fingerprint density at radius 1 is 0.909 bits per heavy atom. The first-order valence-electron chi connectivity index (χ1n) is 11.4. The summed E-state index contributed by atoms with van der Waals surface area (Å²) in [6, 6.07) is 3.37. The van der Waals surface area contributed by atoms with Gasteiger partial charge < -0.3 is 19.4 Å². The number of aromatic nitrogens is 1. The first kappa shape index (κ1) is 23.9. The number of hydrogen-bond donors (Lipinski definition) is 0. The lowest BCUT2D eigenvalue weighted by molar-refractivity contribution is -0.139. The molecule has 4 rings (SSSR count). The van der Waals surface area contributed by atoms with Gasteiger partial charge in [0.05, 0.1) is 19.8 Å². The highest BCUT2D eigenvalue weighted by Gasteiger charge is 2.28. The van der Waals surface area contributed by atoms with E-state index in [0.29, 0.717) is 72.1 Å². The van der Waals surface area contributed by atoms with Gasteiger partial charge in [0.15, 0.2) is 0 Å². The third-order valence-electron chi connectivity index (χ3n) is 6.46. The highest BCUT2D eigenvalue weighted by Crippen LogP contribution is 2.20. The van der Waals surface area contributed by atoms with Gasteiger partial charge in [0.1, 0.15) is 10.7 Å². The van der Waals surface area contributed by atoms with Crippen LogP contribution in [0.4, 0.5) is 5.82 Å². The third kappa shape index (κ3) is 5.62. The van der Waals surface area contributed by atoms with E-state index >= 15 is 0 Å². The number of piperazine rings is 2. The lowest BCUT2D eigenvalue weighted by atomic mass is 10.2. The van der Waals surface area contributed by atoms with Gasteiger partial charge in [-0.1, -0.05) is 0 Å². The molecule has 12 heteroatoms. The number of morpholine rings is 1. The molecule has 4 heterocycles. The molecular formula is C21H32N6O5S. The van der Waals surface area contributed by atoms with E-state index in [-0.39, 0.29) is 16.7 Å². The van der Waals surface area contributed by atoms with Gasteiger partial charge in [0.25, 0.3) is 0 Å². The molecule has 1 aromatic rings. The number of hydrogen-bond acceptors (Lipinski definition) is 8. The van der Waals surface area contributed by atoms with Crippen LogP contribution in [0.15, 0.2) is 23.2 Å². The number of anilines is 1. The predicted molar refractivity (Wildman–Crippen MR) is 121 cm³/mol. The van der Waals surface area contributed by atoms with E-state index in [4.69, 9.17) is 4.74 Å². The molecule has 0 aliphatic carbocycles. The molecule has 0 aromatic carbocycles. The van der Waals surface area contributed by atoms with Crippen LogP contribution in [0.25, 0.3) is 0 Å². The highest BCUT2D eigenvalue weighted by atomic mass is 32.2. The van der Waals surface area contributed by atoms with Gasteiger partial charge in [-0.05, 0) is 12.1 Å². The lowest BCUT2D eigenvalue weighted by Gasteiger charge is -2.38. The van der Waals surface area contributed by atoms with Crippen molar-refractivity contribution in [2.75, 3.05) is 90.1 Å². The maximum absolute atomic E-state index is 12.8. The van der Waals surface area contributed by atoms with Crippen LogP contribution < -0.4 is 4.90 Å². The fourth-order valence-corrected chi connectivity index (χ4v) is 5.70. The van der Waals surface area contributed by atoms with Gasteiger partial charge in [0, 0.05) is 78.6 Å². The standard InChI is InChI=1S/C21H32N6O5S/c1-18(28)24-8-10-26(11-9-24)21(29)17-23-4-6-25(7-5-23)20-3-2-19(16-22-20)33(30,31)27-12-14-32-15-13-27/h2-3,16H,4-15,17H2,1H3. The Morgan fingerprint density at radius 2 is 1.55 bits per heavy atom. The average Bonchev–Trinajstić information content (AvgIpc) is 2.85. The fourth-order valence-electron chi connectivity index (χ4n) is 4.35. The highest BCUT2D eigenvalue weighted by molar-refractivity contribution is 7.89. The first-order chi connectivity index (χ1) is 15.8. The van der Waals surface area contributed by atoms with Crippen molar-refractivity contribution in [3.8, 4) is 0 Å². The molecule has 182 valence electrons. The smallest absolute Gasteiger partial charge is 0.244 e. The molecular weight excluding hydrogens is 448 g/mol. The van der Waals surface area contributed by atoms with Crippen molar-refractivity contribution < 1.29 is 22.7 Å². The first-order valence-corrected chi connectivity index (χ1v) is 12.8. The van der Waals surface area contributed by atoms with Crippen molar-refractivity contribution in [2.24, 2.45) is 0 Å². The normalized spacial score (nSPS) is 21.3. The number of rotatable bonds is 5. The zero-order chi connectivity index (χ0) is 23.4. The molecule has 3 fully saturated rings. The van der Waals surface area contributed by atoms with Crippen LogP contribution in [0.3, 0.4) is 0 Å². The Balaban J connectivity index is 1.26. The second-order valence-corrected chi connectivity index (χ2v) is 10.5. The Kier molecular flexibility index (Phi) is 7.47. The van der Waals surface area contributed by atoms with E-state index < -0.39 is 10.0 Å². The molecule has 0 saturated carbocycles. The van der Waals surface area contributed by atoms with Crippen molar-refractivity contribution in [1.29, 1.82) is 0 Å². The number of ether oxygens (including phenoxy) is 1. The Hall–Kier alpha value is -2.28. The van der Waals surface area contributed by atoms with Crippen LogP contribution in [0.2, 0.25) is 0 Å². The zero-order valence-electron chi connectivity index (χ0n) is 19.1. The van der Waals surface area contributed by atoms with Gasteiger partial charge in [-0.2, -0.15) is 4.31 Å². The van der Waals surface area contributed by atoms with Crippen LogP contribution in [0.1, 0.15) is 6.92 Å². The quantitative estimate of drug-likeness (QED) is 0.524. The van der Waals surface area contributed by atoms with Crippen LogP contribution in [0, 0.1) is 0 Å². The molecule has 0 N–H and O–H groups in total.